The van der Waals surface area contributed by atoms with Gasteiger partial charge in [-0.3, -0.25) is 0 Å². The summed E-state index contributed by atoms with van der Waals surface area (Å²) >= 11 is 1.84. The lowest BCUT2D eigenvalue weighted by atomic mass is 10.1. The minimum atomic E-state index is 0.654. The molecule has 0 spiro atoms. The first-order valence-electron chi connectivity index (χ1n) is 5.03. The molecular formula is C12H13NS. The lowest BCUT2D eigenvalue weighted by molar-refractivity contribution is 0.593. The van der Waals surface area contributed by atoms with Crippen LogP contribution in [0.5, 0.6) is 0 Å². The van der Waals surface area contributed by atoms with Gasteiger partial charge in [0, 0.05) is 10.7 Å². The fraction of sp³-hybridized carbons (Fsp3) is 0.333. The Hall–Kier alpha value is -0.860. The SMILES string of the molecule is CNC1Cc2cc3ccsc3cc2C1. The Morgan fingerprint density at radius 3 is 2.86 bits per heavy atom. The van der Waals surface area contributed by atoms with Gasteiger partial charge >= 0.3 is 0 Å². The summed E-state index contributed by atoms with van der Waals surface area (Å²) in [6, 6.07) is 7.60. The first-order chi connectivity index (χ1) is 6.86. The van der Waals surface area contributed by atoms with Crippen LogP contribution in [0.1, 0.15) is 11.1 Å². The normalized spacial score (nSPS) is 20.2. The molecule has 1 aliphatic carbocycles. The number of fused-ring (bicyclic) bond motifs is 2. The van der Waals surface area contributed by atoms with Crippen molar-refractivity contribution >= 4 is 21.4 Å². The van der Waals surface area contributed by atoms with E-state index in [0.717, 1.165) is 0 Å². The maximum absolute atomic E-state index is 3.36. The van der Waals surface area contributed by atoms with Crippen molar-refractivity contribution in [3.63, 3.8) is 0 Å². The molecule has 0 radical (unpaired) electrons. The topological polar surface area (TPSA) is 12.0 Å². The van der Waals surface area contributed by atoms with E-state index in [-0.39, 0.29) is 0 Å². The predicted octanol–water partition coefficient (Wildman–Crippen LogP) is 2.59. The first-order valence-corrected chi connectivity index (χ1v) is 5.91. The lowest BCUT2D eigenvalue weighted by Crippen LogP contribution is -2.24. The van der Waals surface area contributed by atoms with Crippen molar-refractivity contribution in [3.05, 3.63) is 34.7 Å². The number of nitrogens with one attached hydrogen (secondary N) is 1. The van der Waals surface area contributed by atoms with Gasteiger partial charge in [-0.2, -0.15) is 0 Å². The van der Waals surface area contributed by atoms with Crippen molar-refractivity contribution in [1.29, 1.82) is 0 Å². The molecule has 0 amide bonds. The maximum atomic E-state index is 3.36. The molecular weight excluding hydrogens is 190 g/mol. The van der Waals surface area contributed by atoms with Crippen molar-refractivity contribution in [2.24, 2.45) is 0 Å². The number of rotatable bonds is 1. The highest BCUT2D eigenvalue weighted by atomic mass is 32.1. The molecule has 1 atom stereocenters. The Bertz CT molecular complexity index is 432. The van der Waals surface area contributed by atoms with E-state index in [1.807, 2.05) is 11.3 Å². The van der Waals surface area contributed by atoms with Gasteiger partial charge in [-0.1, -0.05) is 0 Å². The highest BCUT2D eigenvalue weighted by Gasteiger charge is 2.20. The van der Waals surface area contributed by atoms with E-state index in [1.54, 1.807) is 5.56 Å². The molecule has 0 aliphatic heterocycles. The summed E-state index contributed by atoms with van der Waals surface area (Å²) in [5.74, 6) is 0. The summed E-state index contributed by atoms with van der Waals surface area (Å²) in [4.78, 5) is 0. The van der Waals surface area contributed by atoms with Crippen LogP contribution in [0.3, 0.4) is 0 Å². The molecule has 0 saturated heterocycles. The average Bonchev–Trinajstić information content (AvgIpc) is 2.77. The highest BCUT2D eigenvalue weighted by Crippen LogP contribution is 2.30. The second-order valence-electron chi connectivity index (χ2n) is 3.97. The monoisotopic (exact) mass is 203 g/mol. The van der Waals surface area contributed by atoms with Crippen LogP contribution >= 0.6 is 11.3 Å². The van der Waals surface area contributed by atoms with Gasteiger partial charge in [0.15, 0.2) is 0 Å². The molecule has 2 aromatic rings. The van der Waals surface area contributed by atoms with Crippen LogP contribution in [0.25, 0.3) is 10.1 Å². The van der Waals surface area contributed by atoms with E-state index in [2.05, 4.69) is 35.9 Å². The van der Waals surface area contributed by atoms with Crippen LogP contribution in [0.2, 0.25) is 0 Å². The Morgan fingerprint density at radius 1 is 1.29 bits per heavy atom. The van der Waals surface area contributed by atoms with Gasteiger partial charge in [-0.25, -0.2) is 0 Å². The Labute approximate surface area is 87.8 Å². The van der Waals surface area contributed by atoms with Gasteiger partial charge in [0.25, 0.3) is 0 Å². The third kappa shape index (κ3) is 1.18. The second kappa shape index (κ2) is 3.07. The third-order valence-electron chi connectivity index (χ3n) is 3.12. The van der Waals surface area contributed by atoms with Gasteiger partial charge in [0.05, 0.1) is 0 Å². The van der Waals surface area contributed by atoms with E-state index < -0.39 is 0 Å². The molecule has 1 N–H and O–H groups in total. The summed E-state index contributed by atoms with van der Waals surface area (Å²) in [6.45, 7) is 0. The standard InChI is InChI=1S/C12H13NS/c1-13-11-5-9-4-8-2-3-14-12(8)7-10(9)6-11/h2-4,7,11,13H,5-6H2,1H3. The van der Waals surface area contributed by atoms with E-state index >= 15 is 0 Å². The molecule has 1 unspecified atom stereocenters. The van der Waals surface area contributed by atoms with E-state index in [9.17, 15) is 0 Å². The summed E-state index contributed by atoms with van der Waals surface area (Å²) in [7, 11) is 2.05. The zero-order chi connectivity index (χ0) is 9.54. The zero-order valence-corrected chi connectivity index (χ0v) is 9.03. The van der Waals surface area contributed by atoms with E-state index in [1.165, 1.54) is 28.5 Å². The van der Waals surface area contributed by atoms with Crippen LogP contribution in [0, 0.1) is 0 Å². The van der Waals surface area contributed by atoms with Crippen molar-refractivity contribution in [2.45, 2.75) is 18.9 Å². The van der Waals surface area contributed by atoms with Crippen LogP contribution in [-0.4, -0.2) is 13.1 Å². The predicted molar refractivity (Wildman–Crippen MR) is 62.1 cm³/mol. The Morgan fingerprint density at radius 2 is 2.07 bits per heavy atom. The number of hydrogen-bond acceptors (Lipinski definition) is 2. The summed E-state index contributed by atoms with van der Waals surface area (Å²) < 4.78 is 1.43. The van der Waals surface area contributed by atoms with Crippen LogP contribution in [0.15, 0.2) is 23.6 Å². The largest absolute Gasteiger partial charge is 0.316 e. The van der Waals surface area contributed by atoms with Crippen LogP contribution in [0.4, 0.5) is 0 Å². The van der Waals surface area contributed by atoms with E-state index in [0.29, 0.717) is 6.04 Å². The molecule has 3 rings (SSSR count). The molecule has 0 bridgehead atoms. The molecule has 14 heavy (non-hydrogen) atoms. The Balaban J connectivity index is 2.13. The smallest absolute Gasteiger partial charge is 0.0345 e. The Kier molecular flexibility index (Phi) is 1.85. The third-order valence-corrected chi connectivity index (χ3v) is 4.00. The zero-order valence-electron chi connectivity index (χ0n) is 8.21. The summed E-state index contributed by atoms with van der Waals surface area (Å²) in [5.41, 5.74) is 3.08. The van der Waals surface area contributed by atoms with Gasteiger partial charge < -0.3 is 5.32 Å². The van der Waals surface area contributed by atoms with Crippen LogP contribution in [-0.2, 0) is 12.8 Å². The van der Waals surface area contributed by atoms with Crippen molar-refractivity contribution in [1.82, 2.24) is 5.32 Å². The summed E-state index contributed by atoms with van der Waals surface area (Å²) in [6.07, 6.45) is 2.39. The van der Waals surface area contributed by atoms with Crippen molar-refractivity contribution in [2.75, 3.05) is 7.05 Å². The molecule has 2 heteroatoms. The minimum Gasteiger partial charge on any atom is -0.316 e. The molecule has 0 fully saturated rings. The number of benzene rings is 1. The summed E-state index contributed by atoms with van der Waals surface area (Å²) in [5, 5.41) is 6.94. The quantitative estimate of drug-likeness (QED) is 0.751. The molecule has 1 aromatic carbocycles. The lowest BCUT2D eigenvalue weighted by Gasteiger charge is -2.04. The van der Waals surface area contributed by atoms with Gasteiger partial charge in [0.2, 0.25) is 0 Å². The van der Waals surface area contributed by atoms with Gasteiger partial charge in [-0.15, -0.1) is 11.3 Å². The highest BCUT2D eigenvalue weighted by molar-refractivity contribution is 7.17. The van der Waals surface area contributed by atoms with Crippen molar-refractivity contribution < 1.29 is 0 Å². The fourth-order valence-electron chi connectivity index (χ4n) is 2.29. The number of hydrogen-bond donors (Lipinski definition) is 1. The van der Waals surface area contributed by atoms with Crippen molar-refractivity contribution in [3.8, 4) is 0 Å². The number of likely N-dealkylation sites (N-methyl/N-ethyl adjacent to an activating group) is 1. The molecule has 72 valence electrons. The van der Waals surface area contributed by atoms with E-state index in [4.69, 9.17) is 0 Å². The molecule has 1 nitrogen and oxygen atoms in total. The van der Waals surface area contributed by atoms with Gasteiger partial charge in [0.1, 0.15) is 0 Å². The molecule has 1 aromatic heterocycles. The first kappa shape index (κ1) is 8.45. The second-order valence-corrected chi connectivity index (χ2v) is 4.92. The molecule has 1 heterocycles. The fourth-order valence-corrected chi connectivity index (χ4v) is 3.12. The molecule has 1 aliphatic rings. The number of thiophene rings is 1. The molecule has 0 saturated carbocycles. The maximum Gasteiger partial charge on any atom is 0.0345 e. The minimum absolute atomic E-state index is 0.654. The van der Waals surface area contributed by atoms with Crippen LogP contribution < -0.4 is 5.32 Å². The average molecular weight is 203 g/mol. The van der Waals surface area contributed by atoms with Gasteiger partial charge in [-0.05, 0) is 60.0 Å².